The number of nitrogens with zero attached hydrogens (tertiary/aromatic N) is 1. The Morgan fingerprint density at radius 3 is 2.62 bits per heavy atom. The zero-order chi connectivity index (χ0) is 17.3. The first kappa shape index (κ1) is 16.1. The summed E-state index contributed by atoms with van der Waals surface area (Å²) in [5, 5.41) is 9.30. The Morgan fingerprint density at radius 1 is 1.17 bits per heavy atom. The van der Waals surface area contributed by atoms with Crippen molar-refractivity contribution in [2.75, 3.05) is 12.0 Å². The van der Waals surface area contributed by atoms with Crippen molar-refractivity contribution in [1.29, 1.82) is 0 Å². The number of thioether (sulfide) groups is 1. The van der Waals surface area contributed by atoms with Crippen molar-refractivity contribution in [3.05, 3.63) is 58.5 Å². The second-order valence-corrected chi connectivity index (χ2v) is 6.23. The van der Waals surface area contributed by atoms with E-state index in [0.29, 0.717) is 21.9 Å². The summed E-state index contributed by atoms with van der Waals surface area (Å²) in [6.07, 6.45) is 1.62. The largest absolute Gasteiger partial charge is 0.504 e. The molecule has 24 heavy (non-hydrogen) atoms. The number of phenols is 1. The molecule has 0 atom stereocenters. The van der Waals surface area contributed by atoms with Crippen molar-refractivity contribution in [3.63, 3.8) is 0 Å². The number of methoxy groups -OCH3 is 1. The lowest BCUT2D eigenvalue weighted by Gasteiger charge is -2.14. The number of phenolic OH excluding ortho intramolecular Hbond substituents is 1. The number of aryl methyl sites for hydroxylation is 1. The fraction of sp³-hybridized carbons (Fsp3) is 0.111. The fourth-order valence-electron chi connectivity index (χ4n) is 2.43. The van der Waals surface area contributed by atoms with E-state index < -0.39 is 0 Å². The van der Waals surface area contributed by atoms with Crippen molar-refractivity contribution in [2.45, 2.75) is 6.92 Å². The Labute approximate surface area is 143 Å². The van der Waals surface area contributed by atoms with Gasteiger partial charge in [-0.05, 0) is 54.1 Å². The van der Waals surface area contributed by atoms with Gasteiger partial charge in [0.2, 0.25) is 0 Å². The number of aromatic hydroxyl groups is 1. The fourth-order valence-corrected chi connectivity index (χ4v) is 3.26. The standard InChI is InChI=1S/C18H15NO4S/c1-11-5-3-4-6-13(11)19-17(21)16(24-18(19)22)10-12-7-8-14(20)15(9-12)23-2/h3-10,20H,1-2H3. The van der Waals surface area contributed by atoms with Gasteiger partial charge in [-0.1, -0.05) is 24.3 Å². The summed E-state index contributed by atoms with van der Waals surface area (Å²) in [5.41, 5.74) is 2.11. The van der Waals surface area contributed by atoms with E-state index in [0.717, 1.165) is 17.3 Å². The molecule has 2 aromatic carbocycles. The number of rotatable bonds is 3. The molecule has 122 valence electrons. The minimum atomic E-state index is -0.355. The normalized spacial score (nSPS) is 16.1. The highest BCUT2D eigenvalue weighted by atomic mass is 32.2. The van der Waals surface area contributed by atoms with Gasteiger partial charge in [-0.25, -0.2) is 4.90 Å². The van der Waals surface area contributed by atoms with Gasteiger partial charge in [-0.15, -0.1) is 0 Å². The topological polar surface area (TPSA) is 66.8 Å². The van der Waals surface area contributed by atoms with Crippen molar-refractivity contribution in [1.82, 2.24) is 0 Å². The zero-order valence-corrected chi connectivity index (χ0v) is 14.0. The van der Waals surface area contributed by atoms with Gasteiger partial charge in [-0.3, -0.25) is 9.59 Å². The quantitative estimate of drug-likeness (QED) is 0.856. The third-order valence-corrected chi connectivity index (χ3v) is 4.52. The molecule has 1 fully saturated rings. The average Bonchev–Trinajstić information content (AvgIpc) is 2.84. The van der Waals surface area contributed by atoms with Crippen LogP contribution in [-0.2, 0) is 4.79 Å². The Kier molecular flexibility index (Phi) is 4.31. The molecule has 0 radical (unpaired) electrons. The Hall–Kier alpha value is -2.73. The van der Waals surface area contributed by atoms with E-state index in [9.17, 15) is 14.7 Å². The molecule has 1 N–H and O–H groups in total. The highest BCUT2D eigenvalue weighted by Gasteiger charge is 2.36. The third-order valence-electron chi connectivity index (χ3n) is 3.65. The number of anilines is 1. The predicted molar refractivity (Wildman–Crippen MR) is 94.3 cm³/mol. The lowest BCUT2D eigenvalue weighted by atomic mass is 10.1. The summed E-state index contributed by atoms with van der Waals surface area (Å²) in [7, 11) is 1.45. The molecule has 2 aromatic rings. The van der Waals surface area contributed by atoms with Gasteiger partial charge in [0.15, 0.2) is 11.5 Å². The third kappa shape index (κ3) is 2.88. The first-order valence-corrected chi connectivity index (χ1v) is 8.03. The molecule has 0 bridgehead atoms. The number of benzene rings is 2. The van der Waals surface area contributed by atoms with Gasteiger partial charge < -0.3 is 9.84 Å². The number of hydrogen-bond acceptors (Lipinski definition) is 5. The van der Waals surface area contributed by atoms with Crippen LogP contribution in [0.25, 0.3) is 6.08 Å². The van der Waals surface area contributed by atoms with Crippen LogP contribution in [0.2, 0.25) is 0 Å². The van der Waals surface area contributed by atoms with Gasteiger partial charge in [0.1, 0.15) is 0 Å². The van der Waals surface area contributed by atoms with Gasteiger partial charge >= 0.3 is 0 Å². The van der Waals surface area contributed by atoms with E-state index in [1.54, 1.807) is 30.3 Å². The maximum absolute atomic E-state index is 12.6. The first-order valence-electron chi connectivity index (χ1n) is 7.22. The van der Waals surface area contributed by atoms with Crippen molar-refractivity contribution in [2.24, 2.45) is 0 Å². The number of ether oxygens (including phenoxy) is 1. The van der Waals surface area contributed by atoms with Gasteiger partial charge in [0.05, 0.1) is 17.7 Å². The summed E-state index contributed by atoms with van der Waals surface area (Å²) in [5.74, 6) is -0.0316. The number of imide groups is 1. The number of amides is 2. The van der Waals surface area contributed by atoms with Crippen LogP contribution in [0.3, 0.4) is 0 Å². The number of carbonyl (C=O) groups excluding carboxylic acids is 2. The van der Waals surface area contributed by atoms with E-state index >= 15 is 0 Å². The smallest absolute Gasteiger partial charge is 0.298 e. The van der Waals surface area contributed by atoms with Crippen molar-refractivity contribution >= 4 is 34.7 Å². The van der Waals surface area contributed by atoms with Crippen LogP contribution >= 0.6 is 11.8 Å². The van der Waals surface area contributed by atoms with Crippen LogP contribution in [0.1, 0.15) is 11.1 Å². The molecule has 1 heterocycles. The molecule has 6 heteroatoms. The van der Waals surface area contributed by atoms with Crippen LogP contribution in [0, 0.1) is 6.92 Å². The predicted octanol–water partition coefficient (Wildman–Crippen LogP) is 3.95. The molecule has 1 aliphatic heterocycles. The van der Waals surface area contributed by atoms with E-state index in [1.165, 1.54) is 18.1 Å². The molecular formula is C18H15NO4S. The van der Waals surface area contributed by atoms with Crippen LogP contribution in [0.5, 0.6) is 11.5 Å². The molecule has 1 saturated heterocycles. The summed E-state index contributed by atoms with van der Waals surface area (Å²) in [6, 6.07) is 12.0. The second kappa shape index (κ2) is 6.41. The summed E-state index contributed by atoms with van der Waals surface area (Å²) < 4.78 is 5.06. The van der Waals surface area contributed by atoms with Crippen molar-refractivity contribution < 1.29 is 19.4 Å². The molecule has 0 unspecified atom stereocenters. The highest BCUT2D eigenvalue weighted by molar-refractivity contribution is 8.19. The van der Waals surface area contributed by atoms with Gasteiger partial charge in [0.25, 0.3) is 11.1 Å². The Balaban J connectivity index is 1.96. The van der Waals surface area contributed by atoms with Crippen LogP contribution in [0.4, 0.5) is 10.5 Å². The van der Waals surface area contributed by atoms with Crippen LogP contribution in [-0.4, -0.2) is 23.4 Å². The Morgan fingerprint density at radius 2 is 1.92 bits per heavy atom. The maximum Gasteiger partial charge on any atom is 0.298 e. The molecule has 0 spiro atoms. The number of hydrogen-bond donors (Lipinski definition) is 1. The van der Waals surface area contributed by atoms with E-state index in [1.807, 2.05) is 19.1 Å². The van der Waals surface area contributed by atoms with E-state index in [-0.39, 0.29) is 16.9 Å². The lowest BCUT2D eigenvalue weighted by molar-refractivity contribution is -0.113. The SMILES string of the molecule is COc1cc(C=C2SC(=O)N(c3ccccc3C)C2=O)ccc1O. The Bertz CT molecular complexity index is 860. The van der Waals surface area contributed by atoms with Crippen molar-refractivity contribution in [3.8, 4) is 11.5 Å². The van der Waals surface area contributed by atoms with Gasteiger partial charge in [-0.2, -0.15) is 0 Å². The lowest BCUT2D eigenvalue weighted by Crippen LogP contribution is -2.28. The maximum atomic E-state index is 12.6. The van der Waals surface area contributed by atoms with Crippen LogP contribution in [0.15, 0.2) is 47.4 Å². The minimum absolute atomic E-state index is 0.0164. The molecule has 0 aromatic heterocycles. The summed E-state index contributed by atoms with van der Waals surface area (Å²) in [4.78, 5) is 26.4. The first-order chi connectivity index (χ1) is 11.5. The molecular weight excluding hydrogens is 326 g/mol. The summed E-state index contributed by atoms with van der Waals surface area (Å²) in [6.45, 7) is 1.85. The monoisotopic (exact) mass is 341 g/mol. The van der Waals surface area contributed by atoms with E-state index in [2.05, 4.69) is 0 Å². The van der Waals surface area contributed by atoms with E-state index in [4.69, 9.17) is 4.74 Å². The molecule has 2 amide bonds. The molecule has 0 aliphatic carbocycles. The van der Waals surface area contributed by atoms with Gasteiger partial charge in [0, 0.05) is 0 Å². The van der Waals surface area contributed by atoms with Crippen LogP contribution < -0.4 is 9.64 Å². The average molecular weight is 341 g/mol. The molecule has 1 aliphatic rings. The number of para-hydroxylation sites is 1. The number of carbonyl (C=O) groups is 2. The zero-order valence-electron chi connectivity index (χ0n) is 13.1. The minimum Gasteiger partial charge on any atom is -0.504 e. The highest BCUT2D eigenvalue weighted by Crippen LogP contribution is 2.37. The second-order valence-electron chi connectivity index (χ2n) is 5.23. The molecule has 3 rings (SSSR count). The molecule has 5 nitrogen and oxygen atoms in total. The summed E-state index contributed by atoms with van der Waals surface area (Å²) >= 11 is 0.893. The molecule has 0 saturated carbocycles.